The van der Waals surface area contributed by atoms with Gasteiger partial charge in [-0.2, -0.15) is 0 Å². The molecule has 0 unspecified atom stereocenters. The highest BCUT2D eigenvalue weighted by atomic mass is 32.2. The molecular formula is C21H21N3O3S. The SMILES string of the molecule is Cc1ccc(C)c(S(=O)(=O)Nc2cccc(C(=O)Nc3cccc(C)n3)c2)c1. The lowest BCUT2D eigenvalue weighted by atomic mass is 10.2. The van der Waals surface area contributed by atoms with Gasteiger partial charge in [-0.1, -0.05) is 24.3 Å². The first-order valence-corrected chi connectivity index (χ1v) is 10.2. The summed E-state index contributed by atoms with van der Waals surface area (Å²) in [4.78, 5) is 16.9. The minimum Gasteiger partial charge on any atom is -0.307 e. The summed E-state index contributed by atoms with van der Waals surface area (Å²) in [5.74, 6) is 0.0669. The third-order valence-corrected chi connectivity index (χ3v) is 5.66. The number of pyridine rings is 1. The van der Waals surface area contributed by atoms with Crippen LogP contribution in [0.5, 0.6) is 0 Å². The third kappa shape index (κ3) is 4.55. The van der Waals surface area contributed by atoms with Crippen LogP contribution in [0.15, 0.2) is 65.6 Å². The lowest BCUT2D eigenvalue weighted by Crippen LogP contribution is -2.16. The van der Waals surface area contributed by atoms with E-state index in [-0.39, 0.29) is 10.8 Å². The van der Waals surface area contributed by atoms with Gasteiger partial charge in [0, 0.05) is 16.9 Å². The highest BCUT2D eigenvalue weighted by molar-refractivity contribution is 7.92. The van der Waals surface area contributed by atoms with E-state index in [0.29, 0.717) is 22.6 Å². The molecule has 0 atom stereocenters. The van der Waals surface area contributed by atoms with Crippen molar-refractivity contribution in [2.75, 3.05) is 10.0 Å². The number of nitrogens with one attached hydrogen (secondary N) is 2. The molecule has 3 aromatic rings. The first-order chi connectivity index (χ1) is 13.2. The Morgan fingerprint density at radius 2 is 1.68 bits per heavy atom. The van der Waals surface area contributed by atoms with E-state index in [1.54, 1.807) is 49.4 Å². The fraction of sp³-hybridized carbons (Fsp3) is 0.143. The number of rotatable bonds is 5. The Morgan fingerprint density at radius 3 is 2.43 bits per heavy atom. The van der Waals surface area contributed by atoms with Crippen molar-refractivity contribution in [3.05, 3.63) is 83.0 Å². The topological polar surface area (TPSA) is 88.2 Å². The number of benzene rings is 2. The van der Waals surface area contributed by atoms with Crippen molar-refractivity contribution in [3.8, 4) is 0 Å². The number of hydrogen-bond donors (Lipinski definition) is 2. The molecule has 0 aliphatic carbocycles. The molecule has 144 valence electrons. The maximum atomic E-state index is 12.8. The van der Waals surface area contributed by atoms with E-state index in [4.69, 9.17) is 0 Å². The number of carbonyl (C=O) groups is 1. The Hall–Kier alpha value is -3.19. The molecule has 2 N–H and O–H groups in total. The summed E-state index contributed by atoms with van der Waals surface area (Å²) in [5.41, 5.74) is 2.92. The first-order valence-electron chi connectivity index (χ1n) is 8.70. The second-order valence-corrected chi connectivity index (χ2v) is 8.22. The number of amides is 1. The maximum absolute atomic E-state index is 12.8. The molecule has 1 aromatic heterocycles. The summed E-state index contributed by atoms with van der Waals surface area (Å²) in [6.07, 6.45) is 0. The van der Waals surface area contributed by atoms with Gasteiger partial charge in [0.05, 0.1) is 4.90 Å². The Labute approximate surface area is 164 Å². The number of aryl methyl sites for hydroxylation is 3. The summed E-state index contributed by atoms with van der Waals surface area (Å²) in [7, 11) is -3.77. The van der Waals surface area contributed by atoms with Crippen molar-refractivity contribution in [2.45, 2.75) is 25.7 Å². The van der Waals surface area contributed by atoms with E-state index in [9.17, 15) is 13.2 Å². The molecule has 0 saturated heterocycles. The molecular weight excluding hydrogens is 374 g/mol. The van der Waals surface area contributed by atoms with E-state index in [2.05, 4.69) is 15.0 Å². The van der Waals surface area contributed by atoms with Gasteiger partial charge in [-0.05, 0) is 68.3 Å². The summed E-state index contributed by atoms with van der Waals surface area (Å²) in [6.45, 7) is 5.41. The van der Waals surface area contributed by atoms with Crippen LogP contribution in [0, 0.1) is 20.8 Å². The van der Waals surface area contributed by atoms with Gasteiger partial charge < -0.3 is 5.32 Å². The summed E-state index contributed by atoms with van der Waals surface area (Å²) >= 11 is 0. The van der Waals surface area contributed by atoms with Crippen molar-refractivity contribution in [3.63, 3.8) is 0 Å². The Bertz CT molecular complexity index is 1140. The van der Waals surface area contributed by atoms with Crippen molar-refractivity contribution in [2.24, 2.45) is 0 Å². The first kappa shape index (κ1) is 19.6. The van der Waals surface area contributed by atoms with Gasteiger partial charge in [-0.25, -0.2) is 13.4 Å². The van der Waals surface area contributed by atoms with Gasteiger partial charge in [0.15, 0.2) is 0 Å². The quantitative estimate of drug-likeness (QED) is 0.682. The number of anilines is 2. The standard InChI is InChI=1S/C21H21N3O3S/c1-14-10-11-15(2)19(12-14)28(26,27)24-18-8-5-7-17(13-18)21(25)23-20-9-4-6-16(3)22-20/h4-13,24H,1-3H3,(H,22,23,25). The predicted octanol–water partition coefficient (Wildman–Crippen LogP) is 4.06. The van der Waals surface area contributed by atoms with Crippen molar-refractivity contribution < 1.29 is 13.2 Å². The molecule has 0 aliphatic heterocycles. The van der Waals surface area contributed by atoms with Crippen LogP contribution in [0.25, 0.3) is 0 Å². The number of hydrogen-bond acceptors (Lipinski definition) is 4. The predicted molar refractivity (Wildman–Crippen MR) is 110 cm³/mol. The molecule has 0 spiro atoms. The maximum Gasteiger partial charge on any atom is 0.262 e. The summed E-state index contributed by atoms with van der Waals surface area (Å²) in [6, 6.07) is 16.9. The normalized spacial score (nSPS) is 11.1. The minimum atomic E-state index is -3.77. The zero-order valence-corrected chi connectivity index (χ0v) is 16.7. The molecule has 0 bridgehead atoms. The van der Waals surface area contributed by atoms with Gasteiger partial charge >= 0.3 is 0 Å². The van der Waals surface area contributed by atoms with Crippen molar-refractivity contribution in [1.29, 1.82) is 0 Å². The fourth-order valence-electron chi connectivity index (χ4n) is 2.73. The summed E-state index contributed by atoms with van der Waals surface area (Å²) < 4.78 is 28.1. The molecule has 0 aliphatic rings. The second-order valence-electron chi connectivity index (χ2n) is 6.57. The van der Waals surface area contributed by atoms with Crippen molar-refractivity contribution in [1.82, 2.24) is 4.98 Å². The molecule has 0 radical (unpaired) electrons. The average molecular weight is 395 g/mol. The molecule has 1 amide bonds. The smallest absolute Gasteiger partial charge is 0.262 e. The molecule has 3 rings (SSSR count). The monoisotopic (exact) mass is 395 g/mol. The van der Waals surface area contributed by atoms with Gasteiger partial charge in [0.1, 0.15) is 5.82 Å². The van der Waals surface area contributed by atoms with E-state index in [0.717, 1.165) is 11.3 Å². The van der Waals surface area contributed by atoms with Gasteiger partial charge in [0.2, 0.25) is 0 Å². The summed E-state index contributed by atoms with van der Waals surface area (Å²) in [5, 5.41) is 2.71. The number of nitrogens with zero attached hydrogens (tertiary/aromatic N) is 1. The van der Waals surface area contributed by atoms with Crippen LogP contribution in [0.2, 0.25) is 0 Å². The van der Waals surface area contributed by atoms with Gasteiger partial charge in [0.25, 0.3) is 15.9 Å². The van der Waals surface area contributed by atoms with Crippen LogP contribution in [0.1, 0.15) is 27.2 Å². The molecule has 28 heavy (non-hydrogen) atoms. The molecule has 7 heteroatoms. The Kier molecular flexibility index (Phi) is 5.46. The van der Waals surface area contributed by atoms with E-state index in [1.165, 1.54) is 6.07 Å². The van der Waals surface area contributed by atoms with Crippen molar-refractivity contribution >= 4 is 27.4 Å². The van der Waals surface area contributed by atoms with E-state index < -0.39 is 10.0 Å². The lowest BCUT2D eigenvalue weighted by molar-refractivity contribution is 0.102. The van der Waals surface area contributed by atoms with Crippen LogP contribution < -0.4 is 10.0 Å². The highest BCUT2D eigenvalue weighted by Crippen LogP contribution is 2.21. The number of aromatic nitrogens is 1. The van der Waals surface area contributed by atoms with Crippen LogP contribution in [-0.2, 0) is 10.0 Å². The Balaban J connectivity index is 1.83. The fourth-order valence-corrected chi connectivity index (χ4v) is 4.11. The van der Waals surface area contributed by atoms with Crippen LogP contribution in [-0.4, -0.2) is 19.3 Å². The largest absolute Gasteiger partial charge is 0.307 e. The van der Waals surface area contributed by atoms with Gasteiger partial charge in [-0.15, -0.1) is 0 Å². The molecule has 2 aromatic carbocycles. The lowest BCUT2D eigenvalue weighted by Gasteiger charge is -2.12. The third-order valence-electron chi connectivity index (χ3n) is 4.14. The number of sulfonamides is 1. The van der Waals surface area contributed by atoms with Crippen LogP contribution >= 0.6 is 0 Å². The second kappa shape index (κ2) is 7.82. The molecule has 0 saturated carbocycles. The highest BCUT2D eigenvalue weighted by Gasteiger charge is 2.18. The molecule has 6 nitrogen and oxygen atoms in total. The minimum absolute atomic E-state index is 0.214. The zero-order valence-electron chi connectivity index (χ0n) is 15.9. The zero-order chi connectivity index (χ0) is 20.3. The van der Waals surface area contributed by atoms with Crippen LogP contribution in [0.4, 0.5) is 11.5 Å². The Morgan fingerprint density at radius 1 is 0.929 bits per heavy atom. The molecule has 1 heterocycles. The van der Waals surface area contributed by atoms with Crippen LogP contribution in [0.3, 0.4) is 0 Å². The van der Waals surface area contributed by atoms with E-state index in [1.807, 2.05) is 26.0 Å². The average Bonchev–Trinajstić information content (AvgIpc) is 2.63. The van der Waals surface area contributed by atoms with E-state index >= 15 is 0 Å². The molecule has 0 fully saturated rings. The number of carbonyl (C=O) groups excluding carboxylic acids is 1. The van der Waals surface area contributed by atoms with Gasteiger partial charge in [-0.3, -0.25) is 9.52 Å².